The molecule has 0 spiro atoms. The number of para-hydroxylation sites is 1. The maximum absolute atomic E-state index is 12.5. The van der Waals surface area contributed by atoms with Gasteiger partial charge in [-0.3, -0.25) is 4.79 Å². The Bertz CT molecular complexity index is 679. The normalized spacial score (nSPS) is 15.5. The molecule has 1 fully saturated rings. The highest BCUT2D eigenvalue weighted by atomic mass is 35.5. The molecule has 120 valence electrons. The van der Waals surface area contributed by atoms with E-state index < -0.39 is 0 Å². The third-order valence-electron chi connectivity index (χ3n) is 4.21. The summed E-state index contributed by atoms with van der Waals surface area (Å²) < 4.78 is 0. The van der Waals surface area contributed by atoms with Crippen LogP contribution < -0.4 is 5.32 Å². The van der Waals surface area contributed by atoms with Gasteiger partial charge in [0.15, 0.2) is 0 Å². The molecular weight excluding hydrogens is 310 g/mol. The van der Waals surface area contributed by atoms with Crippen molar-refractivity contribution in [2.75, 3.05) is 18.4 Å². The van der Waals surface area contributed by atoms with Gasteiger partial charge in [-0.05, 0) is 43.0 Å². The number of nitrogens with zero attached hydrogens (tertiary/aromatic N) is 2. The highest BCUT2D eigenvalue weighted by molar-refractivity contribution is 6.33. The molecule has 0 aliphatic carbocycles. The minimum absolute atomic E-state index is 0.0150. The standard InChI is InChI=1S/C18H20ClN3O/c1-13-8-10-22(11-9-13)18(23)17-7-6-14(12-20-17)21-16-5-3-2-4-15(16)19/h2-7,12-13,21H,8-11H2,1H3. The second-order valence-corrected chi connectivity index (χ2v) is 6.42. The summed E-state index contributed by atoms with van der Waals surface area (Å²) in [5.74, 6) is 0.718. The first-order chi connectivity index (χ1) is 11.1. The van der Waals surface area contributed by atoms with Gasteiger partial charge in [-0.25, -0.2) is 4.98 Å². The number of anilines is 2. The van der Waals surface area contributed by atoms with Crippen molar-refractivity contribution in [1.29, 1.82) is 0 Å². The molecule has 1 aromatic carbocycles. The average molecular weight is 330 g/mol. The molecule has 0 radical (unpaired) electrons. The number of pyridine rings is 1. The second-order valence-electron chi connectivity index (χ2n) is 6.01. The number of likely N-dealkylation sites (tertiary alicyclic amines) is 1. The summed E-state index contributed by atoms with van der Waals surface area (Å²) in [5, 5.41) is 3.85. The molecule has 5 heteroatoms. The minimum atomic E-state index is 0.0150. The van der Waals surface area contributed by atoms with Gasteiger partial charge >= 0.3 is 0 Å². The average Bonchev–Trinajstić information content (AvgIpc) is 2.58. The summed E-state index contributed by atoms with van der Waals surface area (Å²) in [7, 11) is 0. The molecule has 4 nitrogen and oxygen atoms in total. The first-order valence-corrected chi connectivity index (χ1v) is 8.28. The summed E-state index contributed by atoms with van der Waals surface area (Å²) in [6.45, 7) is 3.87. The van der Waals surface area contributed by atoms with E-state index >= 15 is 0 Å². The molecule has 1 N–H and O–H groups in total. The molecular formula is C18H20ClN3O. The number of piperidine rings is 1. The maximum Gasteiger partial charge on any atom is 0.272 e. The fraction of sp³-hybridized carbons (Fsp3) is 0.333. The van der Waals surface area contributed by atoms with Crippen molar-refractivity contribution >= 4 is 28.9 Å². The van der Waals surface area contributed by atoms with Crippen LogP contribution in [-0.4, -0.2) is 28.9 Å². The fourth-order valence-electron chi connectivity index (χ4n) is 2.69. The van der Waals surface area contributed by atoms with Crippen molar-refractivity contribution in [3.05, 3.63) is 53.3 Å². The number of hydrogen-bond acceptors (Lipinski definition) is 3. The Morgan fingerprint density at radius 2 is 1.96 bits per heavy atom. The van der Waals surface area contributed by atoms with E-state index in [1.165, 1.54) is 0 Å². The number of aromatic nitrogens is 1. The Balaban J connectivity index is 1.67. The number of halogens is 1. The molecule has 1 aliphatic rings. The molecule has 2 heterocycles. The quantitative estimate of drug-likeness (QED) is 0.910. The van der Waals surface area contributed by atoms with Crippen LogP contribution in [0.1, 0.15) is 30.3 Å². The molecule has 3 rings (SSSR count). The fourth-order valence-corrected chi connectivity index (χ4v) is 2.87. The van der Waals surface area contributed by atoms with Crippen LogP contribution in [0, 0.1) is 5.92 Å². The van der Waals surface area contributed by atoms with Crippen molar-refractivity contribution in [3.8, 4) is 0 Å². The first-order valence-electron chi connectivity index (χ1n) is 7.90. The summed E-state index contributed by atoms with van der Waals surface area (Å²) >= 11 is 6.13. The van der Waals surface area contributed by atoms with Crippen LogP contribution in [-0.2, 0) is 0 Å². The Labute approximate surface area is 141 Å². The van der Waals surface area contributed by atoms with E-state index in [1.54, 1.807) is 12.3 Å². The summed E-state index contributed by atoms with van der Waals surface area (Å²) in [6, 6.07) is 11.1. The largest absolute Gasteiger partial charge is 0.353 e. The van der Waals surface area contributed by atoms with Gasteiger partial charge in [-0.2, -0.15) is 0 Å². The van der Waals surface area contributed by atoms with E-state index in [0.717, 1.165) is 37.3 Å². The number of hydrogen-bond donors (Lipinski definition) is 1. The van der Waals surface area contributed by atoms with Gasteiger partial charge in [-0.15, -0.1) is 0 Å². The van der Waals surface area contributed by atoms with Gasteiger partial charge in [0.25, 0.3) is 5.91 Å². The van der Waals surface area contributed by atoms with Gasteiger partial charge in [0.05, 0.1) is 22.6 Å². The Morgan fingerprint density at radius 1 is 1.22 bits per heavy atom. The summed E-state index contributed by atoms with van der Waals surface area (Å²) in [5.41, 5.74) is 2.12. The van der Waals surface area contributed by atoms with E-state index in [1.807, 2.05) is 35.2 Å². The van der Waals surface area contributed by atoms with Crippen molar-refractivity contribution in [2.24, 2.45) is 5.92 Å². The summed E-state index contributed by atoms with van der Waals surface area (Å²) in [4.78, 5) is 18.6. The molecule has 1 aromatic heterocycles. The predicted octanol–water partition coefficient (Wildman–Crippen LogP) is 4.35. The lowest BCUT2D eigenvalue weighted by atomic mass is 9.99. The first kappa shape index (κ1) is 15.8. The molecule has 0 saturated carbocycles. The van der Waals surface area contributed by atoms with Gasteiger partial charge in [0.2, 0.25) is 0 Å². The van der Waals surface area contributed by atoms with Crippen LogP contribution in [0.3, 0.4) is 0 Å². The van der Waals surface area contributed by atoms with Crippen LogP contribution in [0.5, 0.6) is 0 Å². The molecule has 0 bridgehead atoms. The Hall–Kier alpha value is -2.07. The lowest BCUT2D eigenvalue weighted by Gasteiger charge is -2.30. The minimum Gasteiger partial charge on any atom is -0.353 e. The second kappa shape index (κ2) is 7.01. The highest BCUT2D eigenvalue weighted by Crippen LogP contribution is 2.24. The molecule has 23 heavy (non-hydrogen) atoms. The lowest BCUT2D eigenvalue weighted by Crippen LogP contribution is -2.38. The number of amides is 1. The molecule has 1 amide bonds. The van der Waals surface area contributed by atoms with E-state index in [-0.39, 0.29) is 5.91 Å². The van der Waals surface area contributed by atoms with Crippen LogP contribution in [0.15, 0.2) is 42.6 Å². The third kappa shape index (κ3) is 3.82. The van der Waals surface area contributed by atoms with Crippen molar-refractivity contribution in [1.82, 2.24) is 9.88 Å². The molecule has 1 saturated heterocycles. The van der Waals surface area contributed by atoms with E-state index in [2.05, 4.69) is 17.2 Å². The number of carbonyl (C=O) groups excluding carboxylic acids is 1. The number of rotatable bonds is 3. The predicted molar refractivity (Wildman–Crippen MR) is 93.3 cm³/mol. The molecule has 2 aromatic rings. The lowest BCUT2D eigenvalue weighted by molar-refractivity contribution is 0.0691. The zero-order valence-corrected chi connectivity index (χ0v) is 13.9. The topological polar surface area (TPSA) is 45.2 Å². The van der Waals surface area contributed by atoms with Crippen LogP contribution in [0.4, 0.5) is 11.4 Å². The van der Waals surface area contributed by atoms with Gasteiger partial charge < -0.3 is 10.2 Å². The molecule has 0 atom stereocenters. The smallest absolute Gasteiger partial charge is 0.272 e. The van der Waals surface area contributed by atoms with Gasteiger partial charge in [-0.1, -0.05) is 30.7 Å². The summed E-state index contributed by atoms with van der Waals surface area (Å²) in [6.07, 6.45) is 3.80. The van der Waals surface area contributed by atoms with Gasteiger partial charge in [0.1, 0.15) is 5.69 Å². The maximum atomic E-state index is 12.5. The van der Waals surface area contributed by atoms with Crippen LogP contribution in [0.25, 0.3) is 0 Å². The zero-order valence-electron chi connectivity index (χ0n) is 13.1. The number of benzene rings is 1. The molecule has 1 aliphatic heterocycles. The number of nitrogens with one attached hydrogen (secondary N) is 1. The van der Waals surface area contributed by atoms with Crippen LogP contribution >= 0.6 is 11.6 Å². The molecule has 0 unspecified atom stereocenters. The van der Waals surface area contributed by atoms with E-state index in [0.29, 0.717) is 16.6 Å². The third-order valence-corrected chi connectivity index (χ3v) is 4.54. The van der Waals surface area contributed by atoms with Crippen molar-refractivity contribution in [3.63, 3.8) is 0 Å². The van der Waals surface area contributed by atoms with E-state index in [9.17, 15) is 4.79 Å². The Morgan fingerprint density at radius 3 is 2.61 bits per heavy atom. The number of carbonyl (C=O) groups is 1. The van der Waals surface area contributed by atoms with Gasteiger partial charge in [0, 0.05) is 13.1 Å². The van der Waals surface area contributed by atoms with Crippen LogP contribution in [0.2, 0.25) is 5.02 Å². The van der Waals surface area contributed by atoms with Crippen molar-refractivity contribution in [2.45, 2.75) is 19.8 Å². The zero-order chi connectivity index (χ0) is 16.2. The monoisotopic (exact) mass is 329 g/mol. The highest BCUT2D eigenvalue weighted by Gasteiger charge is 2.22. The van der Waals surface area contributed by atoms with E-state index in [4.69, 9.17) is 11.6 Å². The van der Waals surface area contributed by atoms with Crippen molar-refractivity contribution < 1.29 is 4.79 Å². The Kier molecular flexibility index (Phi) is 4.82. The SMILES string of the molecule is CC1CCN(C(=O)c2ccc(Nc3ccccc3Cl)cn2)CC1.